The minimum Gasteiger partial charge on any atom is -0.368 e. The maximum Gasteiger partial charge on any atom is 0.438 e. The van der Waals surface area contributed by atoms with Crippen molar-refractivity contribution in [3.05, 3.63) is 41.9 Å². The molecule has 3 heterocycles. The SMILES string of the molecule is O=C(c1c[nH]nc1NCC(F)F)[N+](=S)[C@H]1CC[C@@H](Nc2cccc3nc(C(F)F)cn23)CC1. The Balaban J connectivity index is 1.37. The molecule has 3 aromatic rings. The molecule has 0 atom stereocenters. The Hall–Kier alpha value is -3.09. The van der Waals surface area contributed by atoms with E-state index < -0.39 is 25.3 Å². The van der Waals surface area contributed by atoms with Crippen LogP contribution in [0.3, 0.4) is 0 Å². The Morgan fingerprint density at radius 3 is 2.70 bits per heavy atom. The van der Waals surface area contributed by atoms with Crippen LogP contribution in [0.15, 0.2) is 30.6 Å². The van der Waals surface area contributed by atoms with Crippen molar-refractivity contribution in [2.75, 3.05) is 17.2 Å². The van der Waals surface area contributed by atoms with E-state index in [1.54, 1.807) is 22.6 Å². The highest BCUT2D eigenvalue weighted by molar-refractivity contribution is 7.44. The van der Waals surface area contributed by atoms with Gasteiger partial charge in [0.05, 0.1) is 6.54 Å². The second kappa shape index (κ2) is 9.81. The fraction of sp³-hybridized carbons (Fsp3) is 0.450. The van der Waals surface area contributed by atoms with Crippen LogP contribution in [0.25, 0.3) is 5.65 Å². The lowest BCUT2D eigenvalue weighted by Gasteiger charge is -2.26. The first kappa shape index (κ1) is 23.1. The first-order valence-electron chi connectivity index (χ1n) is 10.4. The normalized spacial score (nSPS) is 18.7. The standard InChI is InChI=1S/C20H21F4N7OS/c21-15(22)9-25-19-13(8-26-29-19)20(32)31(33)12-6-4-11(5-7-12)27-16-2-1-3-17-28-14(18(23)24)10-30(16)17/h1-3,8,10-12,15,18H,4-7,9H2,(H2-,25,26,27,28,29,32,33)/p+1/t11-,12+. The van der Waals surface area contributed by atoms with Crippen molar-refractivity contribution < 1.29 is 26.3 Å². The van der Waals surface area contributed by atoms with Crippen molar-refractivity contribution in [2.45, 2.75) is 50.6 Å². The number of nitrogens with one attached hydrogen (secondary N) is 3. The molecule has 1 aliphatic carbocycles. The van der Waals surface area contributed by atoms with Gasteiger partial charge in [0.1, 0.15) is 17.2 Å². The number of halogens is 4. The molecule has 0 aliphatic heterocycles. The van der Waals surface area contributed by atoms with E-state index in [0.29, 0.717) is 37.1 Å². The van der Waals surface area contributed by atoms with Crippen LogP contribution in [0.1, 0.15) is 48.2 Å². The molecular weight excluding hydrogens is 462 g/mol. The summed E-state index contributed by atoms with van der Waals surface area (Å²) in [5, 5.41) is 12.1. The molecule has 0 spiro atoms. The molecule has 1 fully saturated rings. The monoisotopic (exact) mass is 484 g/mol. The zero-order chi connectivity index (χ0) is 23.5. The van der Waals surface area contributed by atoms with Gasteiger partial charge < -0.3 is 10.6 Å². The number of aromatic amines is 1. The van der Waals surface area contributed by atoms with Crippen molar-refractivity contribution in [1.29, 1.82) is 0 Å². The zero-order valence-corrected chi connectivity index (χ0v) is 18.2. The summed E-state index contributed by atoms with van der Waals surface area (Å²) in [4.78, 5) is 16.7. The largest absolute Gasteiger partial charge is 0.438 e. The Morgan fingerprint density at radius 1 is 1.24 bits per heavy atom. The number of imidazole rings is 1. The molecule has 1 saturated carbocycles. The van der Waals surface area contributed by atoms with E-state index in [-0.39, 0.29) is 29.2 Å². The Labute approximate surface area is 191 Å². The fourth-order valence-electron chi connectivity index (χ4n) is 3.96. The second-order valence-electron chi connectivity index (χ2n) is 7.81. The number of H-pyrrole nitrogens is 1. The van der Waals surface area contributed by atoms with Gasteiger partial charge in [0.15, 0.2) is 17.4 Å². The number of carbonyl (C=O) groups excluding carboxylic acids is 1. The van der Waals surface area contributed by atoms with Crippen LogP contribution >= 0.6 is 0 Å². The summed E-state index contributed by atoms with van der Waals surface area (Å²) in [5.74, 6) is 0.228. The number of carbonyl (C=O) groups is 1. The average molecular weight is 485 g/mol. The molecule has 0 saturated heterocycles. The van der Waals surface area contributed by atoms with Gasteiger partial charge in [0.25, 0.3) is 25.3 Å². The highest BCUT2D eigenvalue weighted by atomic mass is 32.1. The molecule has 13 heteroatoms. The minimum atomic E-state index is -2.65. The number of amides is 1. The van der Waals surface area contributed by atoms with E-state index in [2.05, 4.69) is 25.8 Å². The summed E-state index contributed by atoms with van der Waals surface area (Å²) in [6.45, 7) is -0.623. The number of hydrogen-bond acceptors (Lipinski definition) is 6. The van der Waals surface area contributed by atoms with Gasteiger partial charge in [-0.05, 0) is 25.0 Å². The van der Waals surface area contributed by atoms with Crippen LogP contribution in [0.2, 0.25) is 0 Å². The number of fused-ring (bicyclic) bond motifs is 1. The van der Waals surface area contributed by atoms with Gasteiger partial charge >= 0.3 is 5.91 Å². The molecule has 0 aromatic carbocycles. The highest BCUT2D eigenvalue weighted by Crippen LogP contribution is 2.27. The number of aromatic nitrogens is 4. The molecule has 3 aromatic heterocycles. The molecule has 0 bridgehead atoms. The number of anilines is 2. The topological polar surface area (TPSA) is 90.1 Å². The Morgan fingerprint density at radius 2 is 2.00 bits per heavy atom. The van der Waals surface area contributed by atoms with Crippen LogP contribution in [0.4, 0.5) is 29.2 Å². The molecule has 176 valence electrons. The molecule has 1 amide bonds. The average Bonchev–Trinajstić information content (AvgIpc) is 3.45. The lowest BCUT2D eigenvalue weighted by atomic mass is 9.91. The van der Waals surface area contributed by atoms with Crippen LogP contribution in [-0.4, -0.2) is 54.5 Å². The highest BCUT2D eigenvalue weighted by Gasteiger charge is 2.36. The van der Waals surface area contributed by atoms with E-state index in [4.69, 9.17) is 12.4 Å². The number of nitrogens with zero attached hydrogens (tertiary/aromatic N) is 4. The van der Waals surface area contributed by atoms with Gasteiger partial charge in [-0.15, -0.1) is 0 Å². The summed E-state index contributed by atoms with van der Waals surface area (Å²) in [5.41, 5.74) is 0.269. The second-order valence-corrected chi connectivity index (χ2v) is 8.20. The van der Waals surface area contributed by atoms with Gasteiger partial charge in [-0.2, -0.15) is 5.10 Å². The molecule has 0 radical (unpaired) electrons. The van der Waals surface area contributed by atoms with Crippen molar-refractivity contribution in [2.24, 2.45) is 0 Å². The van der Waals surface area contributed by atoms with Gasteiger partial charge in [0.2, 0.25) is 0 Å². The molecule has 0 unspecified atom stereocenters. The maximum absolute atomic E-state index is 13.0. The molecule has 1 aliphatic rings. The third kappa shape index (κ3) is 5.13. The van der Waals surface area contributed by atoms with Crippen LogP contribution in [0.5, 0.6) is 0 Å². The van der Waals surface area contributed by atoms with Crippen molar-refractivity contribution in [3.63, 3.8) is 0 Å². The predicted molar refractivity (Wildman–Crippen MR) is 115 cm³/mol. The number of hydrogen-bond donors (Lipinski definition) is 3. The quantitative estimate of drug-likeness (QED) is 0.331. The zero-order valence-electron chi connectivity index (χ0n) is 17.3. The van der Waals surface area contributed by atoms with Gasteiger partial charge in [-0.1, -0.05) is 10.0 Å². The number of alkyl halides is 4. The third-order valence-corrected chi connectivity index (χ3v) is 6.07. The fourth-order valence-corrected chi connectivity index (χ4v) is 4.27. The lowest BCUT2D eigenvalue weighted by Crippen LogP contribution is -2.37. The minimum absolute atomic E-state index is 0.0436. The van der Waals surface area contributed by atoms with E-state index in [1.165, 1.54) is 16.3 Å². The molecular formula is C20H22F4N7OS+. The van der Waals surface area contributed by atoms with E-state index in [1.807, 2.05) is 0 Å². The molecule has 4 rings (SSSR count). The van der Waals surface area contributed by atoms with Gasteiger partial charge in [0, 0.05) is 31.3 Å². The summed E-state index contributed by atoms with van der Waals surface area (Å²) in [6, 6.07) is 5.08. The summed E-state index contributed by atoms with van der Waals surface area (Å²) in [6.07, 6.45) is 0.107. The van der Waals surface area contributed by atoms with Crippen molar-refractivity contribution in [1.82, 2.24) is 19.6 Å². The number of rotatable bonds is 8. The molecule has 3 N–H and O–H groups in total. The van der Waals surface area contributed by atoms with Crippen molar-refractivity contribution >= 4 is 35.6 Å². The van der Waals surface area contributed by atoms with Gasteiger partial charge in [-0.25, -0.2) is 27.3 Å². The third-order valence-electron chi connectivity index (χ3n) is 5.61. The maximum atomic E-state index is 13.0. The summed E-state index contributed by atoms with van der Waals surface area (Å²) < 4.78 is 53.7. The van der Waals surface area contributed by atoms with Crippen LogP contribution in [0, 0.1) is 0 Å². The van der Waals surface area contributed by atoms with Crippen molar-refractivity contribution in [3.8, 4) is 0 Å². The molecule has 8 nitrogen and oxygen atoms in total. The van der Waals surface area contributed by atoms with E-state index in [9.17, 15) is 22.4 Å². The van der Waals surface area contributed by atoms with Gasteiger partial charge in [-0.3, -0.25) is 9.50 Å². The first-order valence-corrected chi connectivity index (χ1v) is 10.8. The predicted octanol–water partition coefficient (Wildman–Crippen LogP) is 3.98. The van der Waals surface area contributed by atoms with Crippen LogP contribution in [-0.2, 0) is 12.4 Å². The Bertz CT molecular complexity index is 1140. The van der Waals surface area contributed by atoms with E-state index in [0.717, 1.165) is 0 Å². The smallest absolute Gasteiger partial charge is 0.368 e. The Kier molecular flexibility index (Phi) is 6.86. The molecule has 33 heavy (non-hydrogen) atoms. The summed E-state index contributed by atoms with van der Waals surface area (Å²) in [7, 11) is 0. The number of pyridine rings is 1. The van der Waals surface area contributed by atoms with E-state index >= 15 is 0 Å². The first-order chi connectivity index (χ1) is 15.8. The lowest BCUT2D eigenvalue weighted by molar-refractivity contribution is -0.448. The summed E-state index contributed by atoms with van der Waals surface area (Å²) >= 11 is 5.34. The van der Waals surface area contributed by atoms with Crippen LogP contribution < -0.4 is 10.6 Å².